The minimum Gasteiger partial charge on any atom is -0.444 e. The van der Waals surface area contributed by atoms with Gasteiger partial charge in [0.05, 0.1) is 18.3 Å². The van der Waals surface area contributed by atoms with Crippen molar-refractivity contribution in [2.45, 2.75) is 44.9 Å². The van der Waals surface area contributed by atoms with Crippen molar-refractivity contribution in [3.63, 3.8) is 0 Å². The maximum Gasteiger partial charge on any atom is 0.411 e. The zero-order valence-corrected chi connectivity index (χ0v) is 14.8. The van der Waals surface area contributed by atoms with Crippen molar-refractivity contribution in [1.82, 2.24) is 4.90 Å². The van der Waals surface area contributed by atoms with Gasteiger partial charge in [-0.3, -0.25) is 9.69 Å². The van der Waals surface area contributed by atoms with Crippen LogP contribution in [0.3, 0.4) is 0 Å². The summed E-state index contributed by atoms with van der Waals surface area (Å²) in [4.78, 5) is 26.3. The lowest BCUT2D eigenvalue weighted by atomic mass is 10.1. The molecule has 0 radical (unpaired) electrons. The summed E-state index contributed by atoms with van der Waals surface area (Å²) < 4.78 is 24.5. The number of carbonyl (C=O) groups excluding carboxylic acids is 2. The van der Waals surface area contributed by atoms with Crippen molar-refractivity contribution in [2.24, 2.45) is 0 Å². The third-order valence-corrected chi connectivity index (χ3v) is 3.77. The number of rotatable bonds is 3. The number of ether oxygens (including phenoxy) is 2. The largest absolute Gasteiger partial charge is 0.444 e. The van der Waals surface area contributed by atoms with Gasteiger partial charge >= 0.3 is 6.09 Å². The lowest BCUT2D eigenvalue weighted by Gasteiger charge is -2.27. The van der Waals surface area contributed by atoms with E-state index in [1.807, 2.05) is 0 Å². The summed E-state index contributed by atoms with van der Waals surface area (Å²) in [6.45, 7) is 5.45. The van der Waals surface area contributed by atoms with Crippen LogP contribution in [0.2, 0.25) is 0 Å². The van der Waals surface area contributed by atoms with E-state index in [1.165, 1.54) is 30.2 Å². The number of hydrogen-bond donors (Lipinski definition) is 2. The molecule has 1 aliphatic rings. The smallest absolute Gasteiger partial charge is 0.411 e. The van der Waals surface area contributed by atoms with E-state index in [1.54, 1.807) is 20.8 Å². The molecule has 2 rings (SSSR count). The molecule has 1 aromatic rings. The Hall–Kier alpha value is -2.35. The summed E-state index contributed by atoms with van der Waals surface area (Å²) >= 11 is 0. The molecular formula is C17H24FN3O4. The first-order chi connectivity index (χ1) is 11.6. The number of hydrogen-bond acceptors (Lipinski definition) is 5. The highest BCUT2D eigenvalue weighted by Gasteiger charge is 2.41. The first-order valence-electron chi connectivity index (χ1n) is 7.99. The number of amides is 2. The van der Waals surface area contributed by atoms with E-state index < -0.39 is 29.5 Å². The third kappa shape index (κ3) is 4.82. The van der Waals surface area contributed by atoms with Crippen molar-refractivity contribution in [1.29, 1.82) is 0 Å². The summed E-state index contributed by atoms with van der Waals surface area (Å²) in [6, 6.07) is 3.08. The van der Waals surface area contributed by atoms with Gasteiger partial charge in [0.2, 0.25) is 5.91 Å². The van der Waals surface area contributed by atoms with Gasteiger partial charge < -0.3 is 20.5 Å². The number of nitrogens with two attached hydrogens (primary N) is 1. The van der Waals surface area contributed by atoms with Gasteiger partial charge in [0.15, 0.2) is 0 Å². The van der Waals surface area contributed by atoms with Crippen LogP contribution < -0.4 is 11.1 Å². The number of anilines is 2. The Morgan fingerprint density at radius 1 is 1.36 bits per heavy atom. The molecule has 138 valence electrons. The average molecular weight is 353 g/mol. The third-order valence-electron chi connectivity index (χ3n) is 3.77. The van der Waals surface area contributed by atoms with Crippen LogP contribution in [0.4, 0.5) is 20.6 Å². The lowest BCUT2D eigenvalue weighted by Crippen LogP contribution is -2.45. The maximum atomic E-state index is 13.8. The summed E-state index contributed by atoms with van der Waals surface area (Å²) in [5.41, 5.74) is 5.22. The van der Waals surface area contributed by atoms with Gasteiger partial charge in [-0.1, -0.05) is 0 Å². The number of halogens is 1. The van der Waals surface area contributed by atoms with Gasteiger partial charge in [-0.15, -0.1) is 0 Å². The Kier molecular flexibility index (Phi) is 5.52. The summed E-state index contributed by atoms with van der Waals surface area (Å²) in [6.07, 6.45) is -0.611. The molecule has 1 heterocycles. The van der Waals surface area contributed by atoms with Crippen LogP contribution in [0, 0.1) is 5.82 Å². The van der Waals surface area contributed by atoms with Crippen molar-refractivity contribution in [2.75, 3.05) is 24.7 Å². The minimum absolute atomic E-state index is 0.0324. The standard InChI is InChI=1S/C17H24FN3O4/c1-17(2,3)25-16(23)21-9-11(24-4)8-14(21)15(22)20-13-7-10(19)5-6-12(13)18/h5-7,11,14H,8-9,19H2,1-4H3,(H,20,22)/t11-,14-/m1/s1. The Morgan fingerprint density at radius 3 is 2.64 bits per heavy atom. The fraction of sp³-hybridized carbons (Fsp3) is 0.529. The second-order valence-electron chi connectivity index (χ2n) is 6.97. The Labute approximate surface area is 146 Å². The number of likely N-dealkylation sites (tertiary alicyclic amines) is 1. The topological polar surface area (TPSA) is 93.9 Å². The second-order valence-corrected chi connectivity index (χ2v) is 6.97. The first kappa shape index (κ1) is 19.0. The van der Waals surface area contributed by atoms with Gasteiger partial charge in [0.25, 0.3) is 0 Å². The van der Waals surface area contributed by atoms with Gasteiger partial charge in [-0.2, -0.15) is 0 Å². The van der Waals surface area contributed by atoms with Crippen LogP contribution in [0.15, 0.2) is 18.2 Å². The van der Waals surface area contributed by atoms with Gasteiger partial charge in [0, 0.05) is 19.2 Å². The van der Waals surface area contributed by atoms with E-state index in [2.05, 4.69) is 5.32 Å². The molecule has 3 N–H and O–H groups in total. The van der Waals surface area contributed by atoms with Crippen molar-refractivity contribution in [3.8, 4) is 0 Å². The quantitative estimate of drug-likeness (QED) is 0.814. The van der Waals surface area contributed by atoms with E-state index in [0.29, 0.717) is 12.1 Å². The Morgan fingerprint density at radius 2 is 2.04 bits per heavy atom. The summed E-state index contributed by atoms with van der Waals surface area (Å²) in [5, 5.41) is 2.49. The van der Waals surface area contributed by atoms with Crippen molar-refractivity contribution < 1.29 is 23.5 Å². The van der Waals surface area contributed by atoms with Gasteiger partial charge in [0.1, 0.15) is 17.5 Å². The predicted octanol–water partition coefficient (Wildman–Crippen LogP) is 2.37. The minimum atomic E-state index is -0.819. The number of nitrogens with zero attached hydrogens (tertiary/aromatic N) is 1. The molecular weight excluding hydrogens is 329 g/mol. The molecule has 2 atom stereocenters. The molecule has 0 spiro atoms. The number of methoxy groups -OCH3 is 1. The van der Waals surface area contributed by atoms with Crippen LogP contribution in [0.1, 0.15) is 27.2 Å². The highest BCUT2D eigenvalue weighted by Crippen LogP contribution is 2.25. The number of nitrogen functional groups attached to an aromatic ring is 1. The lowest BCUT2D eigenvalue weighted by molar-refractivity contribution is -0.120. The zero-order valence-electron chi connectivity index (χ0n) is 14.8. The molecule has 0 bridgehead atoms. The van der Waals surface area contributed by atoms with Gasteiger partial charge in [-0.25, -0.2) is 9.18 Å². The fourth-order valence-corrected chi connectivity index (χ4v) is 2.59. The molecule has 8 heteroatoms. The molecule has 0 unspecified atom stereocenters. The maximum absolute atomic E-state index is 13.8. The van der Waals surface area contributed by atoms with E-state index in [9.17, 15) is 14.0 Å². The van der Waals surface area contributed by atoms with Crippen LogP contribution in [-0.4, -0.2) is 48.3 Å². The van der Waals surface area contributed by atoms with Gasteiger partial charge in [-0.05, 0) is 39.0 Å². The van der Waals surface area contributed by atoms with Crippen LogP contribution in [-0.2, 0) is 14.3 Å². The Balaban J connectivity index is 2.17. The van der Waals surface area contributed by atoms with Crippen molar-refractivity contribution in [3.05, 3.63) is 24.0 Å². The molecule has 0 aliphatic carbocycles. The van der Waals surface area contributed by atoms with Crippen LogP contribution >= 0.6 is 0 Å². The first-order valence-corrected chi connectivity index (χ1v) is 7.99. The van der Waals surface area contributed by atoms with E-state index in [4.69, 9.17) is 15.2 Å². The molecule has 1 saturated heterocycles. The second kappa shape index (κ2) is 7.26. The van der Waals surface area contributed by atoms with Crippen LogP contribution in [0.5, 0.6) is 0 Å². The molecule has 0 aromatic heterocycles. The SMILES string of the molecule is CO[C@@H]1C[C@H](C(=O)Nc2cc(N)ccc2F)N(C(=O)OC(C)(C)C)C1. The van der Waals surface area contributed by atoms with E-state index >= 15 is 0 Å². The average Bonchev–Trinajstić information content (AvgIpc) is 2.94. The highest BCUT2D eigenvalue weighted by molar-refractivity contribution is 5.97. The molecule has 1 aromatic carbocycles. The van der Waals surface area contributed by atoms with E-state index in [-0.39, 0.29) is 18.3 Å². The molecule has 25 heavy (non-hydrogen) atoms. The monoisotopic (exact) mass is 353 g/mol. The highest BCUT2D eigenvalue weighted by atomic mass is 19.1. The molecule has 7 nitrogen and oxygen atoms in total. The van der Waals surface area contributed by atoms with Crippen molar-refractivity contribution >= 4 is 23.4 Å². The van der Waals surface area contributed by atoms with Crippen LogP contribution in [0.25, 0.3) is 0 Å². The number of carbonyl (C=O) groups is 2. The molecule has 1 aliphatic heterocycles. The Bertz CT molecular complexity index is 660. The van der Waals surface area contributed by atoms with E-state index in [0.717, 1.165) is 0 Å². The molecule has 2 amide bonds. The zero-order chi connectivity index (χ0) is 18.8. The number of benzene rings is 1. The molecule has 1 fully saturated rings. The number of nitrogens with one attached hydrogen (secondary N) is 1. The predicted molar refractivity (Wildman–Crippen MR) is 91.6 cm³/mol. The normalized spacial score (nSPS) is 20.4. The fourth-order valence-electron chi connectivity index (χ4n) is 2.59. The summed E-state index contributed by atoms with van der Waals surface area (Å²) in [5.74, 6) is -1.12. The summed E-state index contributed by atoms with van der Waals surface area (Å²) in [7, 11) is 1.51. The molecule has 0 saturated carbocycles.